The van der Waals surface area contributed by atoms with Gasteiger partial charge in [-0.05, 0) is 41.3 Å². The molecule has 0 heterocycles. The Labute approximate surface area is 99.5 Å². The molecule has 0 spiro atoms. The Kier molecular flexibility index (Phi) is 3.41. The molecule has 0 aliphatic carbocycles. The fourth-order valence-corrected chi connectivity index (χ4v) is 2.60. The summed E-state index contributed by atoms with van der Waals surface area (Å²) in [7, 11) is 1.27. The minimum atomic E-state index is -0.384. The average molecular weight is 230 g/mol. The van der Waals surface area contributed by atoms with Crippen LogP contribution in [0.1, 0.15) is 24.2 Å². The molecule has 84 valence electrons. The lowest BCUT2D eigenvalue weighted by Crippen LogP contribution is -1.91. The van der Waals surface area contributed by atoms with Crippen LogP contribution in [0.4, 0.5) is 0 Å². The van der Waals surface area contributed by atoms with Crippen molar-refractivity contribution in [1.29, 1.82) is 0 Å². The molecule has 1 unspecified atom stereocenters. The molecule has 0 aromatic heterocycles. The molecule has 2 rings (SSSR count). The van der Waals surface area contributed by atoms with E-state index < -0.39 is 0 Å². The number of aliphatic hydroxyl groups is 1. The molecule has 0 aliphatic heterocycles. The summed E-state index contributed by atoms with van der Waals surface area (Å²) in [4.78, 5) is 0. The molecule has 2 aromatic rings. The number of benzene rings is 2. The highest BCUT2D eigenvalue weighted by Gasteiger charge is 2.02. The van der Waals surface area contributed by atoms with Crippen LogP contribution in [0.3, 0.4) is 0 Å². The molecule has 1 atom stereocenters. The fourth-order valence-electron chi connectivity index (χ4n) is 2.02. The number of fused-ring (bicyclic) bond motifs is 1. The van der Waals surface area contributed by atoms with E-state index in [0.717, 1.165) is 5.56 Å². The van der Waals surface area contributed by atoms with Gasteiger partial charge in [0.2, 0.25) is 0 Å². The SMILES string of the molecule is CC(O)c1ccc2cc(CC[SiH3])ccc2c1. The van der Waals surface area contributed by atoms with Crippen molar-refractivity contribution in [2.24, 2.45) is 0 Å². The van der Waals surface area contributed by atoms with Crippen molar-refractivity contribution < 1.29 is 5.11 Å². The van der Waals surface area contributed by atoms with E-state index in [1.54, 1.807) is 6.92 Å². The third-order valence-electron chi connectivity index (χ3n) is 2.95. The van der Waals surface area contributed by atoms with Crippen molar-refractivity contribution in [3.8, 4) is 0 Å². The van der Waals surface area contributed by atoms with Crippen LogP contribution in [-0.4, -0.2) is 15.3 Å². The molecule has 2 heteroatoms. The average Bonchev–Trinajstić information content (AvgIpc) is 2.28. The van der Waals surface area contributed by atoms with E-state index in [-0.39, 0.29) is 6.10 Å². The minimum Gasteiger partial charge on any atom is -0.389 e. The molecular weight excluding hydrogens is 212 g/mol. The summed E-state index contributed by atoms with van der Waals surface area (Å²) >= 11 is 0. The molecule has 0 saturated carbocycles. The molecular formula is C14H18OSi. The maximum absolute atomic E-state index is 9.53. The summed E-state index contributed by atoms with van der Waals surface area (Å²) in [6, 6.07) is 14.1. The molecule has 1 nitrogen and oxygen atoms in total. The lowest BCUT2D eigenvalue weighted by Gasteiger charge is -2.07. The van der Waals surface area contributed by atoms with Crippen LogP contribution in [-0.2, 0) is 6.42 Å². The first kappa shape index (κ1) is 11.4. The molecule has 1 N–H and O–H groups in total. The third kappa shape index (κ3) is 2.34. The van der Waals surface area contributed by atoms with Crippen molar-refractivity contribution >= 4 is 21.0 Å². The highest BCUT2D eigenvalue weighted by Crippen LogP contribution is 2.21. The van der Waals surface area contributed by atoms with Gasteiger partial charge in [0.15, 0.2) is 0 Å². The van der Waals surface area contributed by atoms with E-state index in [9.17, 15) is 5.11 Å². The van der Waals surface area contributed by atoms with Crippen molar-refractivity contribution in [3.05, 3.63) is 47.5 Å². The molecule has 0 radical (unpaired) electrons. The van der Waals surface area contributed by atoms with Crippen LogP contribution in [0.25, 0.3) is 10.8 Å². The van der Waals surface area contributed by atoms with Gasteiger partial charge in [-0.2, -0.15) is 0 Å². The van der Waals surface area contributed by atoms with Crippen LogP contribution in [0.15, 0.2) is 36.4 Å². The molecule has 0 bridgehead atoms. The van der Waals surface area contributed by atoms with Crippen LogP contribution in [0.5, 0.6) is 0 Å². The van der Waals surface area contributed by atoms with Gasteiger partial charge in [-0.15, -0.1) is 0 Å². The van der Waals surface area contributed by atoms with Crippen LogP contribution < -0.4 is 0 Å². The number of hydrogen-bond acceptors (Lipinski definition) is 1. The minimum absolute atomic E-state index is 0.384. The normalized spacial score (nSPS) is 13.1. The summed E-state index contributed by atoms with van der Waals surface area (Å²) in [6.45, 7) is 1.80. The van der Waals surface area contributed by atoms with Crippen molar-refractivity contribution in [1.82, 2.24) is 0 Å². The Balaban J connectivity index is 2.44. The van der Waals surface area contributed by atoms with E-state index in [1.807, 2.05) is 6.07 Å². The zero-order chi connectivity index (χ0) is 11.5. The van der Waals surface area contributed by atoms with Gasteiger partial charge in [0.1, 0.15) is 0 Å². The Morgan fingerprint density at radius 3 is 2.50 bits per heavy atom. The van der Waals surface area contributed by atoms with Gasteiger partial charge in [-0.25, -0.2) is 0 Å². The Morgan fingerprint density at radius 1 is 1.12 bits per heavy atom. The van der Waals surface area contributed by atoms with E-state index in [4.69, 9.17) is 0 Å². The van der Waals surface area contributed by atoms with Crippen molar-refractivity contribution in [3.63, 3.8) is 0 Å². The second-order valence-electron chi connectivity index (χ2n) is 4.37. The number of rotatable bonds is 3. The van der Waals surface area contributed by atoms with Crippen LogP contribution in [0.2, 0.25) is 6.04 Å². The topological polar surface area (TPSA) is 20.2 Å². The molecule has 0 saturated heterocycles. The van der Waals surface area contributed by atoms with Gasteiger partial charge < -0.3 is 5.11 Å². The maximum Gasteiger partial charge on any atom is 0.0762 e. The van der Waals surface area contributed by atoms with Crippen molar-refractivity contribution in [2.75, 3.05) is 0 Å². The summed E-state index contributed by atoms with van der Waals surface area (Å²) in [5.74, 6) is 0. The summed E-state index contributed by atoms with van der Waals surface area (Å²) in [5.41, 5.74) is 2.41. The third-order valence-corrected chi connectivity index (χ3v) is 3.45. The largest absolute Gasteiger partial charge is 0.389 e. The van der Waals surface area contributed by atoms with Crippen LogP contribution >= 0.6 is 0 Å². The summed E-state index contributed by atoms with van der Waals surface area (Å²) < 4.78 is 0. The summed E-state index contributed by atoms with van der Waals surface area (Å²) in [6.07, 6.45) is 0.811. The predicted molar refractivity (Wildman–Crippen MR) is 73.0 cm³/mol. The van der Waals surface area contributed by atoms with E-state index in [2.05, 4.69) is 30.3 Å². The molecule has 0 fully saturated rings. The Hall–Kier alpha value is -1.12. The standard InChI is InChI=1S/C14H18OSi/c1-10(15)12-4-5-13-8-11(6-7-16)2-3-14(13)9-12/h2-5,8-10,15H,6-7H2,1,16H3. The lowest BCUT2D eigenvalue weighted by atomic mass is 10.0. The highest BCUT2D eigenvalue weighted by atomic mass is 28.1. The Bertz CT molecular complexity index is 491. The molecule has 0 amide bonds. The first-order valence-electron chi connectivity index (χ1n) is 5.91. The lowest BCUT2D eigenvalue weighted by molar-refractivity contribution is 0.199. The first-order chi connectivity index (χ1) is 7.70. The van der Waals surface area contributed by atoms with Crippen LogP contribution in [0, 0.1) is 0 Å². The summed E-state index contributed by atoms with van der Waals surface area (Å²) in [5, 5.41) is 12.0. The van der Waals surface area contributed by atoms with Gasteiger partial charge in [0, 0.05) is 10.2 Å². The van der Waals surface area contributed by atoms with E-state index >= 15 is 0 Å². The quantitative estimate of drug-likeness (QED) is 0.802. The Morgan fingerprint density at radius 2 is 1.81 bits per heavy atom. The number of aryl methyl sites for hydroxylation is 1. The predicted octanol–water partition coefficient (Wildman–Crippen LogP) is 2.22. The first-order valence-corrected chi connectivity index (χ1v) is 7.33. The molecule has 0 aliphatic rings. The smallest absolute Gasteiger partial charge is 0.0762 e. The molecule has 2 aromatic carbocycles. The number of hydrogen-bond donors (Lipinski definition) is 1. The van der Waals surface area contributed by atoms with Gasteiger partial charge in [-0.3, -0.25) is 0 Å². The van der Waals surface area contributed by atoms with E-state index in [1.165, 1.54) is 39.0 Å². The zero-order valence-electron chi connectivity index (χ0n) is 9.90. The van der Waals surface area contributed by atoms with Gasteiger partial charge >= 0.3 is 0 Å². The van der Waals surface area contributed by atoms with E-state index in [0.29, 0.717) is 0 Å². The number of aliphatic hydroxyl groups excluding tert-OH is 1. The fraction of sp³-hybridized carbons (Fsp3) is 0.286. The zero-order valence-corrected chi connectivity index (χ0v) is 11.9. The molecule has 16 heavy (non-hydrogen) atoms. The van der Waals surface area contributed by atoms with Gasteiger partial charge in [-0.1, -0.05) is 36.4 Å². The monoisotopic (exact) mass is 230 g/mol. The van der Waals surface area contributed by atoms with Gasteiger partial charge in [0.05, 0.1) is 6.10 Å². The van der Waals surface area contributed by atoms with Crippen molar-refractivity contribution in [2.45, 2.75) is 25.5 Å². The second-order valence-corrected chi connectivity index (χ2v) is 5.37. The maximum atomic E-state index is 9.53. The second kappa shape index (κ2) is 4.81. The van der Waals surface area contributed by atoms with Gasteiger partial charge in [0.25, 0.3) is 0 Å². The highest BCUT2D eigenvalue weighted by molar-refractivity contribution is 6.08.